The minimum Gasteiger partial charge on any atom is -0.500 e. The molecule has 9 nitrogen and oxygen atoms in total. The van der Waals surface area contributed by atoms with Gasteiger partial charge in [0.25, 0.3) is 0 Å². The van der Waals surface area contributed by atoms with E-state index in [0.717, 1.165) is 0 Å². The Morgan fingerprint density at radius 3 is 2.46 bits per heavy atom. The molecule has 28 heavy (non-hydrogen) atoms. The Bertz CT molecular complexity index is 746. The minimum atomic E-state index is -0.631. The number of amides is 1. The number of ether oxygens (including phenoxy) is 2. The van der Waals surface area contributed by atoms with Gasteiger partial charge in [-0.1, -0.05) is 0 Å². The van der Waals surface area contributed by atoms with Gasteiger partial charge in [-0.25, -0.2) is 4.79 Å². The van der Waals surface area contributed by atoms with Crippen molar-refractivity contribution >= 4 is 11.8 Å². The zero-order valence-electron chi connectivity index (χ0n) is 17.3. The molecule has 2 rings (SSSR count). The number of nitro groups is 1. The predicted molar refractivity (Wildman–Crippen MR) is 104 cm³/mol. The number of rotatable bonds is 4. The summed E-state index contributed by atoms with van der Waals surface area (Å²) in [4.78, 5) is 26.9. The number of hydrogen-bond acceptors (Lipinski definition) is 7. The fraction of sp³-hybridized carbons (Fsp3) is 0.632. The SMILES string of the molecule is COc1cc(CN2C[C@H](C)N(C(=O)OC(C)(C)C)C[C@H]2C)cc([N+](=O)[O-])c1O. The van der Waals surface area contributed by atoms with E-state index >= 15 is 0 Å². The van der Waals surface area contributed by atoms with Gasteiger partial charge in [0.1, 0.15) is 5.60 Å². The molecule has 1 aliphatic heterocycles. The first kappa shape index (κ1) is 21.7. The number of benzene rings is 1. The second kappa shape index (κ2) is 8.22. The lowest BCUT2D eigenvalue weighted by molar-refractivity contribution is -0.386. The van der Waals surface area contributed by atoms with Gasteiger partial charge in [-0.15, -0.1) is 0 Å². The Kier molecular flexibility index (Phi) is 6.38. The normalized spacial score (nSPS) is 20.7. The Morgan fingerprint density at radius 1 is 1.29 bits per heavy atom. The van der Waals surface area contributed by atoms with Crippen LogP contribution in [-0.2, 0) is 11.3 Å². The summed E-state index contributed by atoms with van der Waals surface area (Å²) in [5, 5.41) is 21.1. The van der Waals surface area contributed by atoms with Gasteiger partial charge in [0.05, 0.1) is 12.0 Å². The summed E-state index contributed by atoms with van der Waals surface area (Å²) in [6.45, 7) is 11.0. The molecule has 0 aromatic heterocycles. The smallest absolute Gasteiger partial charge is 0.410 e. The molecule has 1 amide bonds. The van der Waals surface area contributed by atoms with E-state index in [1.807, 2.05) is 34.6 Å². The maximum Gasteiger partial charge on any atom is 0.410 e. The predicted octanol–water partition coefficient (Wildman–Crippen LogP) is 3.14. The van der Waals surface area contributed by atoms with Crippen LogP contribution in [0.1, 0.15) is 40.2 Å². The molecular weight excluding hydrogens is 366 g/mol. The van der Waals surface area contributed by atoms with Crippen molar-refractivity contribution in [1.29, 1.82) is 0 Å². The highest BCUT2D eigenvalue weighted by atomic mass is 16.6. The zero-order chi connectivity index (χ0) is 21.2. The zero-order valence-corrected chi connectivity index (χ0v) is 17.3. The van der Waals surface area contributed by atoms with Gasteiger partial charge < -0.3 is 19.5 Å². The minimum absolute atomic E-state index is 0.0302. The number of nitrogens with zero attached hydrogens (tertiary/aromatic N) is 3. The Labute approximate surface area is 165 Å². The fourth-order valence-electron chi connectivity index (χ4n) is 3.26. The van der Waals surface area contributed by atoms with Crippen LogP contribution in [0.4, 0.5) is 10.5 Å². The van der Waals surface area contributed by atoms with Crippen molar-refractivity contribution in [2.24, 2.45) is 0 Å². The van der Waals surface area contributed by atoms with E-state index in [0.29, 0.717) is 25.2 Å². The summed E-state index contributed by atoms with van der Waals surface area (Å²) >= 11 is 0. The monoisotopic (exact) mass is 395 g/mol. The maximum absolute atomic E-state index is 12.4. The average molecular weight is 395 g/mol. The number of methoxy groups -OCH3 is 1. The van der Waals surface area contributed by atoms with E-state index in [1.54, 1.807) is 11.0 Å². The van der Waals surface area contributed by atoms with Crippen LogP contribution in [-0.4, -0.2) is 63.8 Å². The van der Waals surface area contributed by atoms with Gasteiger partial charge in [0, 0.05) is 37.8 Å². The number of aromatic hydroxyl groups is 1. The van der Waals surface area contributed by atoms with Crippen molar-refractivity contribution in [2.45, 2.75) is 58.8 Å². The molecular formula is C19H29N3O6. The molecule has 1 N–H and O–H groups in total. The molecule has 1 aliphatic rings. The summed E-state index contributed by atoms with van der Waals surface area (Å²) in [5.74, 6) is -0.412. The number of carbonyl (C=O) groups excluding carboxylic acids is 1. The Morgan fingerprint density at radius 2 is 1.93 bits per heavy atom. The number of carbonyl (C=O) groups is 1. The molecule has 0 bridgehead atoms. The van der Waals surface area contributed by atoms with Crippen LogP contribution in [0.2, 0.25) is 0 Å². The first-order chi connectivity index (χ1) is 12.9. The number of piperazine rings is 1. The van der Waals surface area contributed by atoms with Crippen LogP contribution in [0.25, 0.3) is 0 Å². The van der Waals surface area contributed by atoms with Crippen LogP contribution in [0, 0.1) is 10.1 Å². The van der Waals surface area contributed by atoms with Crippen LogP contribution < -0.4 is 4.74 Å². The van der Waals surface area contributed by atoms with Gasteiger partial charge >= 0.3 is 11.8 Å². The molecule has 1 heterocycles. The number of nitro benzene ring substituents is 1. The molecule has 0 saturated carbocycles. The molecule has 156 valence electrons. The van der Waals surface area contributed by atoms with E-state index in [2.05, 4.69) is 4.90 Å². The number of hydrogen-bond donors (Lipinski definition) is 1. The standard InChI is InChI=1S/C19H29N3O6/c1-12-10-21(18(24)28-19(3,4)5)13(2)9-20(12)11-14-7-15(22(25)26)17(23)16(8-14)27-6/h7-8,12-13,23H,9-11H2,1-6H3/t12-,13+/m1/s1. The molecule has 0 aliphatic carbocycles. The molecule has 2 atom stereocenters. The van der Waals surface area contributed by atoms with E-state index in [9.17, 15) is 20.0 Å². The van der Waals surface area contributed by atoms with Gasteiger partial charge in [-0.05, 0) is 46.2 Å². The fourth-order valence-corrected chi connectivity index (χ4v) is 3.26. The Balaban J connectivity index is 2.16. The van der Waals surface area contributed by atoms with Crippen LogP contribution >= 0.6 is 0 Å². The van der Waals surface area contributed by atoms with Crippen LogP contribution in [0.15, 0.2) is 12.1 Å². The first-order valence-electron chi connectivity index (χ1n) is 9.21. The third-order valence-electron chi connectivity index (χ3n) is 4.66. The molecule has 0 radical (unpaired) electrons. The van der Waals surface area contributed by atoms with E-state index in [-0.39, 0.29) is 29.6 Å². The van der Waals surface area contributed by atoms with Crippen molar-refractivity contribution in [3.8, 4) is 11.5 Å². The molecule has 0 spiro atoms. The summed E-state index contributed by atoms with van der Waals surface area (Å²) in [5.41, 5.74) is -0.285. The highest BCUT2D eigenvalue weighted by Crippen LogP contribution is 2.37. The third kappa shape index (κ3) is 5.03. The lowest BCUT2D eigenvalue weighted by atomic mass is 10.1. The lowest BCUT2D eigenvalue weighted by Gasteiger charge is -2.44. The van der Waals surface area contributed by atoms with E-state index < -0.39 is 16.3 Å². The molecule has 1 aromatic rings. The molecule has 0 unspecified atom stereocenters. The van der Waals surface area contributed by atoms with E-state index in [1.165, 1.54) is 13.2 Å². The van der Waals surface area contributed by atoms with Gasteiger partial charge in [-0.3, -0.25) is 15.0 Å². The van der Waals surface area contributed by atoms with Crippen molar-refractivity contribution < 1.29 is 24.3 Å². The largest absolute Gasteiger partial charge is 0.500 e. The van der Waals surface area contributed by atoms with Crippen LogP contribution in [0.5, 0.6) is 11.5 Å². The molecule has 1 aromatic carbocycles. The topological polar surface area (TPSA) is 105 Å². The highest BCUT2D eigenvalue weighted by Gasteiger charge is 2.34. The summed E-state index contributed by atoms with van der Waals surface area (Å²) < 4.78 is 10.6. The number of phenols is 1. The second-order valence-electron chi connectivity index (χ2n) is 8.18. The van der Waals surface area contributed by atoms with Gasteiger partial charge in [-0.2, -0.15) is 0 Å². The lowest BCUT2D eigenvalue weighted by Crippen LogP contribution is -2.58. The Hall–Kier alpha value is -2.55. The highest BCUT2D eigenvalue weighted by molar-refractivity contribution is 5.68. The molecule has 9 heteroatoms. The summed E-state index contributed by atoms with van der Waals surface area (Å²) in [6, 6.07) is 2.91. The average Bonchev–Trinajstić information content (AvgIpc) is 2.57. The number of phenolic OH excluding ortho intramolecular Hbond substituents is 1. The summed E-state index contributed by atoms with van der Waals surface area (Å²) in [6.07, 6.45) is -0.339. The van der Waals surface area contributed by atoms with Crippen molar-refractivity contribution in [2.75, 3.05) is 20.2 Å². The van der Waals surface area contributed by atoms with Crippen molar-refractivity contribution in [3.63, 3.8) is 0 Å². The van der Waals surface area contributed by atoms with Gasteiger partial charge in [0.2, 0.25) is 5.75 Å². The quantitative estimate of drug-likeness (QED) is 0.617. The van der Waals surface area contributed by atoms with Crippen LogP contribution in [0.3, 0.4) is 0 Å². The maximum atomic E-state index is 12.4. The third-order valence-corrected chi connectivity index (χ3v) is 4.66. The second-order valence-corrected chi connectivity index (χ2v) is 8.18. The van der Waals surface area contributed by atoms with Crippen molar-refractivity contribution in [3.05, 3.63) is 27.8 Å². The van der Waals surface area contributed by atoms with E-state index in [4.69, 9.17) is 9.47 Å². The molecule has 1 fully saturated rings. The van der Waals surface area contributed by atoms with Crippen molar-refractivity contribution in [1.82, 2.24) is 9.80 Å². The summed E-state index contributed by atoms with van der Waals surface area (Å²) in [7, 11) is 1.35. The molecule has 1 saturated heterocycles. The van der Waals surface area contributed by atoms with Gasteiger partial charge in [0.15, 0.2) is 5.75 Å². The first-order valence-corrected chi connectivity index (χ1v) is 9.21.